The second-order valence-electron chi connectivity index (χ2n) is 8.00. The topological polar surface area (TPSA) is 125 Å². The Labute approximate surface area is 198 Å². The molecular weight excluding hydrogens is 464 g/mol. The van der Waals surface area contributed by atoms with Gasteiger partial charge in [0.05, 0.1) is 29.9 Å². The summed E-state index contributed by atoms with van der Waals surface area (Å²) in [6.07, 6.45) is 3.12. The van der Waals surface area contributed by atoms with E-state index >= 15 is 0 Å². The summed E-state index contributed by atoms with van der Waals surface area (Å²) in [5, 5.41) is 3.90. The van der Waals surface area contributed by atoms with Gasteiger partial charge in [-0.15, -0.1) is 0 Å². The van der Waals surface area contributed by atoms with Gasteiger partial charge in [0.2, 0.25) is 0 Å². The minimum Gasteiger partial charge on any atom is -0.493 e. The van der Waals surface area contributed by atoms with E-state index in [4.69, 9.17) is 18.7 Å². The number of ether oxygens (including phenoxy) is 3. The van der Waals surface area contributed by atoms with Crippen molar-refractivity contribution in [3.63, 3.8) is 0 Å². The van der Waals surface area contributed by atoms with Crippen molar-refractivity contribution in [2.75, 3.05) is 32.3 Å². The van der Waals surface area contributed by atoms with E-state index in [-0.39, 0.29) is 18.1 Å². The molecule has 10 nitrogen and oxygen atoms in total. The lowest BCUT2D eigenvalue weighted by Gasteiger charge is -2.22. The molecule has 1 aliphatic rings. The Bertz CT molecular complexity index is 1170. The third-order valence-electron chi connectivity index (χ3n) is 5.64. The maximum absolute atomic E-state index is 12.2. The van der Waals surface area contributed by atoms with Crippen LogP contribution in [0.3, 0.4) is 0 Å². The molecule has 0 N–H and O–H groups in total. The first-order valence-corrected chi connectivity index (χ1v) is 12.4. The first-order valence-electron chi connectivity index (χ1n) is 10.6. The summed E-state index contributed by atoms with van der Waals surface area (Å²) in [5.74, 6) is 0.528. The number of benzene rings is 1. The number of esters is 1. The van der Waals surface area contributed by atoms with Gasteiger partial charge in [-0.2, -0.15) is 0 Å². The van der Waals surface area contributed by atoms with Gasteiger partial charge < -0.3 is 23.6 Å². The van der Waals surface area contributed by atoms with E-state index in [0.29, 0.717) is 29.2 Å². The number of hydrogen-bond donors (Lipinski definition) is 0. The summed E-state index contributed by atoms with van der Waals surface area (Å²) >= 11 is 0. The average Bonchev–Trinajstić information content (AvgIpc) is 3.34. The highest BCUT2D eigenvalue weighted by Gasteiger charge is 2.32. The number of sulfone groups is 1. The Balaban J connectivity index is 1.53. The normalized spacial score (nSPS) is 17.0. The van der Waals surface area contributed by atoms with Crippen molar-refractivity contribution in [3.05, 3.63) is 46.9 Å². The van der Waals surface area contributed by atoms with Gasteiger partial charge in [-0.1, -0.05) is 11.2 Å². The second kappa shape index (κ2) is 10.7. The molecule has 184 valence electrons. The molecule has 1 unspecified atom stereocenters. The third-order valence-corrected chi connectivity index (χ3v) is 7.39. The number of hydrogen-bond acceptors (Lipinski definition) is 9. The number of methoxy groups -OCH3 is 1. The van der Waals surface area contributed by atoms with Crippen LogP contribution in [0.25, 0.3) is 6.08 Å². The molecule has 1 aliphatic heterocycles. The molecule has 1 aromatic heterocycles. The minimum absolute atomic E-state index is 0.0604. The van der Waals surface area contributed by atoms with E-state index in [1.807, 2.05) is 13.8 Å². The van der Waals surface area contributed by atoms with Crippen LogP contribution in [0, 0.1) is 13.8 Å². The van der Waals surface area contributed by atoms with Gasteiger partial charge in [-0.25, -0.2) is 13.2 Å². The predicted octanol–water partition coefficient (Wildman–Crippen LogP) is 2.08. The van der Waals surface area contributed by atoms with Crippen LogP contribution in [-0.2, 0) is 30.8 Å². The molecule has 1 aromatic carbocycles. The molecule has 1 fully saturated rings. The summed E-state index contributed by atoms with van der Waals surface area (Å²) in [4.78, 5) is 25.6. The lowest BCUT2D eigenvalue weighted by Crippen LogP contribution is -2.40. The van der Waals surface area contributed by atoms with Crippen LogP contribution in [0.15, 0.2) is 28.8 Å². The van der Waals surface area contributed by atoms with Crippen LogP contribution in [0.5, 0.6) is 11.5 Å². The Kier molecular flexibility index (Phi) is 7.98. The van der Waals surface area contributed by atoms with Gasteiger partial charge in [0.15, 0.2) is 27.9 Å². The lowest BCUT2D eigenvalue weighted by atomic mass is 10.2. The van der Waals surface area contributed by atoms with E-state index in [0.717, 1.165) is 11.3 Å². The first-order chi connectivity index (χ1) is 16.1. The van der Waals surface area contributed by atoms with Crippen LogP contribution in [0.2, 0.25) is 0 Å². The maximum atomic E-state index is 12.2. The van der Waals surface area contributed by atoms with Gasteiger partial charge in [0, 0.05) is 19.2 Å². The lowest BCUT2D eigenvalue weighted by molar-refractivity contribution is -0.148. The number of nitrogens with zero attached hydrogens (tertiary/aromatic N) is 2. The first kappa shape index (κ1) is 25.3. The highest BCUT2D eigenvalue weighted by atomic mass is 32.2. The van der Waals surface area contributed by atoms with Crippen molar-refractivity contribution < 1.29 is 36.7 Å². The van der Waals surface area contributed by atoms with Gasteiger partial charge >= 0.3 is 5.97 Å². The summed E-state index contributed by atoms with van der Waals surface area (Å²) in [6.45, 7) is 3.46. The van der Waals surface area contributed by atoms with Gasteiger partial charge in [-0.05, 0) is 44.0 Å². The Morgan fingerprint density at radius 3 is 2.65 bits per heavy atom. The van der Waals surface area contributed by atoms with Crippen molar-refractivity contribution in [2.24, 2.45) is 0 Å². The van der Waals surface area contributed by atoms with Gasteiger partial charge in [0.25, 0.3) is 5.91 Å². The monoisotopic (exact) mass is 492 g/mol. The number of carbonyl (C=O) groups excluding carboxylic acids is 2. The summed E-state index contributed by atoms with van der Waals surface area (Å²) in [5.41, 5.74) is 2.29. The summed E-state index contributed by atoms with van der Waals surface area (Å²) in [6, 6.07) is 4.77. The number of likely N-dealkylation sites (N-methyl/N-ethyl adjacent to an activating group) is 1. The maximum Gasteiger partial charge on any atom is 0.331 e. The summed E-state index contributed by atoms with van der Waals surface area (Å²) in [7, 11) is -0.0871. The molecule has 1 amide bonds. The number of aryl methyl sites for hydroxylation is 2. The zero-order chi connectivity index (χ0) is 24.9. The fourth-order valence-corrected chi connectivity index (χ4v) is 5.27. The molecule has 0 aliphatic carbocycles. The van der Waals surface area contributed by atoms with Gasteiger partial charge in [-0.3, -0.25) is 4.79 Å². The van der Waals surface area contributed by atoms with Crippen molar-refractivity contribution in [1.29, 1.82) is 0 Å². The Morgan fingerprint density at radius 2 is 2.03 bits per heavy atom. The standard InChI is InChI=1S/C23H28N2O8S/c1-15-19(16(2)33-24-15)12-31-20-7-5-17(11-21(20)30-4)6-8-23(27)32-13-22(26)25(3)18-9-10-34(28,29)14-18/h5-8,11,18H,9-10,12-14H2,1-4H3/b8-6+. The average molecular weight is 493 g/mol. The van der Waals surface area contributed by atoms with Crippen LogP contribution in [-0.4, -0.2) is 68.7 Å². The van der Waals surface area contributed by atoms with Crippen LogP contribution < -0.4 is 9.47 Å². The van der Waals surface area contributed by atoms with Crippen molar-refractivity contribution >= 4 is 27.8 Å². The van der Waals surface area contributed by atoms with Crippen LogP contribution in [0.4, 0.5) is 0 Å². The molecule has 0 bridgehead atoms. The molecule has 1 saturated heterocycles. The zero-order valence-corrected chi connectivity index (χ0v) is 20.4. The van der Waals surface area contributed by atoms with Crippen molar-refractivity contribution in [2.45, 2.75) is 32.9 Å². The van der Waals surface area contributed by atoms with E-state index in [1.54, 1.807) is 18.2 Å². The van der Waals surface area contributed by atoms with Crippen molar-refractivity contribution in [3.8, 4) is 11.5 Å². The molecule has 2 heterocycles. The quantitative estimate of drug-likeness (QED) is 0.382. The highest BCUT2D eigenvalue weighted by molar-refractivity contribution is 7.91. The molecule has 0 spiro atoms. The highest BCUT2D eigenvalue weighted by Crippen LogP contribution is 2.30. The van der Waals surface area contributed by atoms with E-state index in [9.17, 15) is 18.0 Å². The second-order valence-corrected chi connectivity index (χ2v) is 10.2. The molecule has 2 aromatic rings. The molecule has 3 rings (SSSR count). The smallest absolute Gasteiger partial charge is 0.331 e. The minimum atomic E-state index is -3.11. The Hall–Kier alpha value is -3.34. The Morgan fingerprint density at radius 1 is 1.26 bits per heavy atom. The predicted molar refractivity (Wildman–Crippen MR) is 123 cm³/mol. The van der Waals surface area contributed by atoms with E-state index in [1.165, 1.54) is 31.2 Å². The van der Waals surface area contributed by atoms with E-state index in [2.05, 4.69) is 5.16 Å². The molecule has 11 heteroatoms. The fourth-order valence-electron chi connectivity index (χ4n) is 3.50. The SMILES string of the molecule is COc1cc(/C=C/C(=O)OCC(=O)N(C)C2CCS(=O)(=O)C2)ccc1OCc1c(C)noc1C. The zero-order valence-electron chi connectivity index (χ0n) is 19.6. The van der Waals surface area contributed by atoms with Gasteiger partial charge in [0.1, 0.15) is 12.4 Å². The number of aromatic nitrogens is 1. The third kappa shape index (κ3) is 6.37. The summed E-state index contributed by atoms with van der Waals surface area (Å²) < 4.78 is 44.5. The number of amides is 1. The van der Waals surface area contributed by atoms with E-state index < -0.39 is 34.4 Å². The fraction of sp³-hybridized carbons (Fsp3) is 0.435. The molecule has 0 saturated carbocycles. The van der Waals surface area contributed by atoms with Crippen LogP contribution in [0.1, 0.15) is 29.0 Å². The van der Waals surface area contributed by atoms with Crippen LogP contribution >= 0.6 is 0 Å². The molecule has 1 atom stereocenters. The molecule has 0 radical (unpaired) electrons. The van der Waals surface area contributed by atoms with Crippen molar-refractivity contribution in [1.82, 2.24) is 10.1 Å². The molecule has 34 heavy (non-hydrogen) atoms. The molecular formula is C23H28N2O8S. The largest absolute Gasteiger partial charge is 0.493 e. The number of carbonyl (C=O) groups is 2. The number of rotatable bonds is 9.